The van der Waals surface area contributed by atoms with Gasteiger partial charge in [0.15, 0.2) is 0 Å². The second-order valence-corrected chi connectivity index (χ2v) is 10.4. The van der Waals surface area contributed by atoms with E-state index in [-0.39, 0.29) is 30.2 Å². The summed E-state index contributed by atoms with van der Waals surface area (Å²) in [4.78, 5) is 12.7. The van der Waals surface area contributed by atoms with Gasteiger partial charge in [0.1, 0.15) is 0 Å². The van der Waals surface area contributed by atoms with Gasteiger partial charge in [-0.15, -0.1) is 0 Å². The van der Waals surface area contributed by atoms with E-state index < -0.39 is 10.0 Å². The molecule has 0 saturated carbocycles. The molecule has 1 saturated heterocycles. The lowest BCUT2D eigenvalue weighted by Gasteiger charge is -2.33. The van der Waals surface area contributed by atoms with Crippen molar-refractivity contribution in [1.29, 1.82) is 0 Å². The lowest BCUT2D eigenvalue weighted by atomic mass is 9.91. The van der Waals surface area contributed by atoms with Crippen LogP contribution < -0.4 is 5.32 Å². The van der Waals surface area contributed by atoms with Crippen molar-refractivity contribution >= 4 is 27.5 Å². The molecule has 0 unspecified atom stereocenters. The van der Waals surface area contributed by atoms with Gasteiger partial charge in [0.05, 0.1) is 11.7 Å². The third kappa shape index (κ3) is 5.93. The maximum Gasteiger partial charge on any atom is 0.224 e. The third-order valence-corrected chi connectivity index (χ3v) is 7.35. The molecule has 1 fully saturated rings. The summed E-state index contributed by atoms with van der Waals surface area (Å²) >= 11 is 6.12. The van der Waals surface area contributed by atoms with Crippen LogP contribution in [0.3, 0.4) is 0 Å². The van der Waals surface area contributed by atoms with Crippen LogP contribution in [-0.4, -0.2) is 37.8 Å². The normalized spacial score (nSPS) is 19.0. The van der Waals surface area contributed by atoms with Crippen molar-refractivity contribution in [2.24, 2.45) is 17.8 Å². The second-order valence-electron chi connectivity index (χ2n) is 8.07. The molecule has 1 amide bonds. The molecule has 1 aliphatic rings. The molecule has 1 N–H and O–H groups in total. The maximum atomic E-state index is 12.8. The van der Waals surface area contributed by atoms with E-state index in [0.29, 0.717) is 41.8 Å². The average molecular weight is 415 g/mol. The Balaban J connectivity index is 2.06. The zero-order valence-electron chi connectivity index (χ0n) is 16.6. The molecule has 152 valence electrons. The van der Waals surface area contributed by atoms with Crippen molar-refractivity contribution in [3.63, 3.8) is 0 Å². The van der Waals surface area contributed by atoms with Crippen LogP contribution in [0.15, 0.2) is 24.3 Å². The van der Waals surface area contributed by atoms with E-state index in [9.17, 15) is 13.2 Å². The SMILES string of the molecule is CC(C)C(NC(=O)[C@H]1CCCN(S(=O)(=O)Cc2ccccc2Cl)C1)C(C)C. The summed E-state index contributed by atoms with van der Waals surface area (Å²) in [5, 5.41) is 3.58. The fraction of sp³-hybridized carbons (Fsp3) is 0.650. The number of halogens is 1. The largest absolute Gasteiger partial charge is 0.353 e. The number of amides is 1. The number of sulfonamides is 1. The Hall–Kier alpha value is -1.11. The summed E-state index contributed by atoms with van der Waals surface area (Å²) in [6.45, 7) is 9.05. The van der Waals surface area contributed by atoms with Gasteiger partial charge >= 0.3 is 0 Å². The molecule has 1 aromatic carbocycles. The summed E-state index contributed by atoms with van der Waals surface area (Å²) in [5.74, 6) is 0.178. The Labute approximate surface area is 168 Å². The molecule has 0 aromatic heterocycles. The molecule has 1 aromatic rings. The van der Waals surface area contributed by atoms with Crippen LogP contribution in [0.25, 0.3) is 0 Å². The summed E-state index contributed by atoms with van der Waals surface area (Å²) in [7, 11) is -3.52. The average Bonchev–Trinajstić information content (AvgIpc) is 2.61. The van der Waals surface area contributed by atoms with Crippen molar-refractivity contribution < 1.29 is 13.2 Å². The summed E-state index contributed by atoms with van der Waals surface area (Å²) in [5.41, 5.74) is 0.588. The fourth-order valence-corrected chi connectivity index (χ4v) is 5.62. The van der Waals surface area contributed by atoms with Crippen LogP contribution in [0.1, 0.15) is 46.1 Å². The number of benzene rings is 1. The number of nitrogens with zero attached hydrogens (tertiary/aromatic N) is 1. The maximum absolute atomic E-state index is 12.8. The van der Waals surface area contributed by atoms with E-state index in [1.807, 2.05) is 0 Å². The Morgan fingerprint density at radius 1 is 1.22 bits per heavy atom. The molecular weight excluding hydrogens is 384 g/mol. The molecule has 1 atom stereocenters. The topological polar surface area (TPSA) is 66.5 Å². The molecule has 1 heterocycles. The first-order valence-electron chi connectivity index (χ1n) is 9.63. The quantitative estimate of drug-likeness (QED) is 0.740. The number of rotatable bonds is 7. The number of nitrogens with one attached hydrogen (secondary N) is 1. The van der Waals surface area contributed by atoms with Crippen molar-refractivity contribution in [3.8, 4) is 0 Å². The fourth-order valence-electron chi connectivity index (χ4n) is 3.70. The highest BCUT2D eigenvalue weighted by Crippen LogP contribution is 2.25. The molecule has 1 aliphatic heterocycles. The van der Waals surface area contributed by atoms with Gasteiger partial charge in [-0.05, 0) is 36.3 Å². The highest BCUT2D eigenvalue weighted by molar-refractivity contribution is 7.88. The van der Waals surface area contributed by atoms with Crippen molar-refractivity contribution in [1.82, 2.24) is 9.62 Å². The molecule has 0 spiro atoms. The molecule has 5 nitrogen and oxygen atoms in total. The lowest BCUT2D eigenvalue weighted by molar-refractivity contribution is -0.127. The summed E-state index contributed by atoms with van der Waals surface area (Å²) < 4.78 is 27.1. The Morgan fingerprint density at radius 2 is 1.85 bits per heavy atom. The lowest BCUT2D eigenvalue weighted by Crippen LogP contribution is -2.50. The van der Waals surface area contributed by atoms with Crippen LogP contribution in [0.5, 0.6) is 0 Å². The van der Waals surface area contributed by atoms with E-state index in [2.05, 4.69) is 33.0 Å². The van der Waals surface area contributed by atoms with E-state index in [1.165, 1.54) is 4.31 Å². The van der Waals surface area contributed by atoms with Gasteiger partial charge in [-0.3, -0.25) is 4.79 Å². The van der Waals surface area contributed by atoms with Crippen molar-refractivity contribution in [2.45, 2.75) is 52.3 Å². The predicted octanol–water partition coefficient (Wildman–Crippen LogP) is 3.68. The monoisotopic (exact) mass is 414 g/mol. The van der Waals surface area contributed by atoms with Gasteiger partial charge in [-0.1, -0.05) is 57.5 Å². The first-order chi connectivity index (χ1) is 12.6. The third-order valence-electron chi connectivity index (χ3n) is 5.19. The molecule has 2 rings (SSSR count). The standard InChI is InChI=1S/C20H31ClN2O3S/c1-14(2)19(15(3)4)22-20(24)16-9-7-11-23(12-16)27(25,26)13-17-8-5-6-10-18(17)21/h5-6,8,10,14-16,19H,7,9,11-13H2,1-4H3,(H,22,24)/t16-/m0/s1. The molecule has 0 radical (unpaired) electrons. The van der Waals surface area contributed by atoms with Crippen LogP contribution in [0, 0.1) is 17.8 Å². The summed E-state index contributed by atoms with van der Waals surface area (Å²) in [6, 6.07) is 7.06. The van der Waals surface area contributed by atoms with E-state index in [0.717, 1.165) is 0 Å². The van der Waals surface area contributed by atoms with Gasteiger partial charge in [-0.2, -0.15) is 0 Å². The second kappa shape index (κ2) is 9.39. The van der Waals surface area contributed by atoms with Gasteiger partial charge in [0.2, 0.25) is 15.9 Å². The first kappa shape index (κ1) is 22.2. The molecule has 7 heteroatoms. The summed E-state index contributed by atoms with van der Waals surface area (Å²) in [6.07, 6.45) is 1.40. The number of piperidine rings is 1. The number of carbonyl (C=O) groups excluding carboxylic acids is 1. The molecule has 0 aliphatic carbocycles. The number of hydrogen-bond acceptors (Lipinski definition) is 3. The number of carbonyl (C=O) groups is 1. The van der Waals surface area contributed by atoms with E-state index in [1.54, 1.807) is 24.3 Å². The Morgan fingerprint density at radius 3 is 2.44 bits per heavy atom. The van der Waals surface area contributed by atoms with Crippen LogP contribution in [-0.2, 0) is 20.6 Å². The minimum absolute atomic E-state index is 0.0416. The van der Waals surface area contributed by atoms with Gasteiger partial charge < -0.3 is 5.32 Å². The van der Waals surface area contributed by atoms with E-state index >= 15 is 0 Å². The smallest absolute Gasteiger partial charge is 0.224 e. The van der Waals surface area contributed by atoms with Crippen LogP contribution in [0.2, 0.25) is 5.02 Å². The zero-order valence-corrected chi connectivity index (χ0v) is 18.2. The van der Waals surface area contributed by atoms with Crippen molar-refractivity contribution in [2.75, 3.05) is 13.1 Å². The Kier molecular flexibility index (Phi) is 7.72. The Bertz CT molecular complexity index is 741. The molecule has 0 bridgehead atoms. The van der Waals surface area contributed by atoms with E-state index in [4.69, 9.17) is 11.6 Å². The highest BCUT2D eigenvalue weighted by atomic mass is 35.5. The van der Waals surface area contributed by atoms with Gasteiger partial charge in [0, 0.05) is 24.2 Å². The van der Waals surface area contributed by atoms with Crippen LogP contribution in [0.4, 0.5) is 0 Å². The minimum atomic E-state index is -3.52. The zero-order chi connectivity index (χ0) is 20.2. The minimum Gasteiger partial charge on any atom is -0.353 e. The first-order valence-corrected chi connectivity index (χ1v) is 11.6. The number of hydrogen-bond donors (Lipinski definition) is 1. The van der Waals surface area contributed by atoms with Crippen molar-refractivity contribution in [3.05, 3.63) is 34.9 Å². The van der Waals surface area contributed by atoms with Crippen LogP contribution >= 0.6 is 11.6 Å². The highest BCUT2D eigenvalue weighted by Gasteiger charge is 2.34. The van der Waals surface area contributed by atoms with Gasteiger partial charge in [-0.25, -0.2) is 12.7 Å². The predicted molar refractivity (Wildman–Crippen MR) is 110 cm³/mol. The van der Waals surface area contributed by atoms with Gasteiger partial charge in [0.25, 0.3) is 0 Å². The molecular formula is C20H31ClN2O3S. The molecule has 27 heavy (non-hydrogen) atoms.